The lowest BCUT2D eigenvalue weighted by atomic mass is 10.2. The van der Waals surface area contributed by atoms with E-state index in [1.165, 1.54) is 0 Å². The fourth-order valence-corrected chi connectivity index (χ4v) is 1.06. The number of carboxylic acid groups (broad SMARTS) is 2. The van der Waals surface area contributed by atoms with Crippen LogP contribution in [0.3, 0.4) is 0 Å². The molecular formula is C11H18N2O7. The fraction of sp³-hybridized carbons (Fsp3) is 0.636. The number of carbonyl (C=O) groups is 4. The maximum absolute atomic E-state index is 11.5. The molecule has 0 radical (unpaired) electrons. The molecule has 9 nitrogen and oxygen atoms in total. The Bertz CT molecular complexity index is 400. The topological polar surface area (TPSA) is 142 Å². The van der Waals surface area contributed by atoms with Crippen LogP contribution in [-0.2, 0) is 19.1 Å². The highest BCUT2D eigenvalue weighted by molar-refractivity contribution is 6.03. The summed E-state index contributed by atoms with van der Waals surface area (Å²) in [6.07, 6.45) is -1.41. The molecular weight excluding hydrogens is 272 g/mol. The molecule has 0 aliphatic heterocycles. The molecule has 9 heteroatoms. The smallest absolute Gasteiger partial charge is 0.408 e. The van der Waals surface area contributed by atoms with Crippen molar-refractivity contribution < 1.29 is 34.1 Å². The Hall–Kier alpha value is -2.32. The van der Waals surface area contributed by atoms with E-state index < -0.39 is 35.6 Å². The van der Waals surface area contributed by atoms with Crippen LogP contribution >= 0.6 is 0 Å². The van der Waals surface area contributed by atoms with E-state index in [4.69, 9.17) is 14.9 Å². The van der Waals surface area contributed by atoms with Crippen molar-refractivity contribution in [3.63, 3.8) is 0 Å². The molecule has 0 unspecified atom stereocenters. The number of aliphatic carboxylic acids is 2. The summed E-state index contributed by atoms with van der Waals surface area (Å²) in [5.41, 5.74) is -0.840. The summed E-state index contributed by atoms with van der Waals surface area (Å²) < 4.78 is 4.82. The van der Waals surface area contributed by atoms with Crippen LogP contribution in [-0.4, -0.2) is 52.3 Å². The van der Waals surface area contributed by atoms with Gasteiger partial charge in [-0.1, -0.05) is 0 Å². The Balaban J connectivity index is 4.49. The molecule has 1 atom stereocenters. The molecule has 0 aliphatic carbocycles. The van der Waals surface area contributed by atoms with Gasteiger partial charge in [0.1, 0.15) is 5.60 Å². The van der Waals surface area contributed by atoms with Gasteiger partial charge in [-0.25, -0.2) is 9.59 Å². The molecule has 0 aromatic carbocycles. The van der Waals surface area contributed by atoms with Crippen molar-refractivity contribution in [2.75, 3.05) is 6.54 Å². The van der Waals surface area contributed by atoms with Gasteiger partial charge in [-0.2, -0.15) is 0 Å². The van der Waals surface area contributed by atoms with E-state index >= 15 is 0 Å². The van der Waals surface area contributed by atoms with Gasteiger partial charge in [0.2, 0.25) is 6.04 Å². The predicted octanol–water partition coefficient (Wildman–Crippen LogP) is -0.445. The second kappa shape index (κ2) is 7.31. The maximum Gasteiger partial charge on any atom is 0.408 e. The second-order valence-corrected chi connectivity index (χ2v) is 4.85. The summed E-state index contributed by atoms with van der Waals surface area (Å²) in [6, 6.07) is -1.85. The van der Waals surface area contributed by atoms with Crippen molar-refractivity contribution in [1.29, 1.82) is 0 Å². The number of nitrogens with one attached hydrogen (secondary N) is 2. The summed E-state index contributed by atoms with van der Waals surface area (Å²) in [4.78, 5) is 44.1. The number of hydrogen-bond acceptors (Lipinski definition) is 5. The molecule has 114 valence electrons. The number of alkyl carbamates (subject to hydrolysis) is 1. The van der Waals surface area contributed by atoms with Crippen LogP contribution in [0, 0.1) is 0 Å². The Morgan fingerprint density at radius 3 is 2.10 bits per heavy atom. The molecule has 0 saturated carbocycles. The molecule has 0 aromatic heterocycles. The highest BCUT2D eigenvalue weighted by Crippen LogP contribution is 2.06. The summed E-state index contributed by atoms with van der Waals surface area (Å²) in [5.74, 6) is -3.74. The van der Waals surface area contributed by atoms with Crippen LogP contribution in [0.4, 0.5) is 4.79 Å². The van der Waals surface area contributed by atoms with Gasteiger partial charge < -0.3 is 20.3 Å². The lowest BCUT2D eigenvalue weighted by molar-refractivity contribution is -0.144. The molecule has 0 rings (SSSR count). The Morgan fingerprint density at radius 2 is 1.70 bits per heavy atom. The van der Waals surface area contributed by atoms with Crippen LogP contribution in [0.25, 0.3) is 0 Å². The SMILES string of the molecule is CC(C)(C)OC(=O)N[C@@H](C(=O)O)C(=O)NCCC(=O)O. The zero-order valence-electron chi connectivity index (χ0n) is 11.4. The molecule has 0 spiro atoms. The zero-order valence-corrected chi connectivity index (χ0v) is 11.4. The first-order valence-electron chi connectivity index (χ1n) is 5.75. The Labute approximate surface area is 115 Å². The molecule has 0 aromatic rings. The Kier molecular flexibility index (Phi) is 6.47. The van der Waals surface area contributed by atoms with E-state index in [2.05, 4.69) is 5.32 Å². The second-order valence-electron chi connectivity index (χ2n) is 4.85. The highest BCUT2D eigenvalue weighted by atomic mass is 16.6. The van der Waals surface area contributed by atoms with Gasteiger partial charge in [0, 0.05) is 6.54 Å². The summed E-state index contributed by atoms with van der Waals surface area (Å²) in [6.45, 7) is 4.49. The van der Waals surface area contributed by atoms with Gasteiger partial charge in [-0.3, -0.25) is 14.9 Å². The van der Waals surface area contributed by atoms with Crippen LogP contribution in [0.1, 0.15) is 27.2 Å². The fourth-order valence-electron chi connectivity index (χ4n) is 1.06. The molecule has 0 aliphatic rings. The lowest BCUT2D eigenvalue weighted by Gasteiger charge is -2.21. The van der Waals surface area contributed by atoms with E-state index in [0.29, 0.717) is 0 Å². The van der Waals surface area contributed by atoms with Crippen LogP contribution in [0.2, 0.25) is 0 Å². The number of ether oxygens (including phenoxy) is 1. The van der Waals surface area contributed by atoms with E-state index in [0.717, 1.165) is 0 Å². The van der Waals surface area contributed by atoms with Crippen LogP contribution in [0.5, 0.6) is 0 Å². The minimum Gasteiger partial charge on any atom is -0.481 e. The van der Waals surface area contributed by atoms with Gasteiger partial charge in [0.25, 0.3) is 5.91 Å². The maximum atomic E-state index is 11.5. The van der Waals surface area contributed by atoms with Crippen LogP contribution in [0.15, 0.2) is 0 Å². The minimum atomic E-state index is -1.85. The monoisotopic (exact) mass is 290 g/mol. The molecule has 0 bridgehead atoms. The normalized spacial score (nSPS) is 12.2. The molecule has 2 amide bonds. The van der Waals surface area contributed by atoms with Crippen molar-refractivity contribution in [2.24, 2.45) is 0 Å². The first kappa shape index (κ1) is 17.7. The molecule has 0 heterocycles. The number of carboxylic acids is 2. The van der Waals surface area contributed by atoms with Gasteiger partial charge in [0.15, 0.2) is 0 Å². The van der Waals surface area contributed by atoms with Gasteiger partial charge in [-0.15, -0.1) is 0 Å². The molecule has 20 heavy (non-hydrogen) atoms. The highest BCUT2D eigenvalue weighted by Gasteiger charge is 2.30. The van der Waals surface area contributed by atoms with Crippen molar-refractivity contribution in [1.82, 2.24) is 10.6 Å². The molecule has 0 fully saturated rings. The van der Waals surface area contributed by atoms with Gasteiger partial charge in [0.05, 0.1) is 6.42 Å². The minimum absolute atomic E-state index is 0.242. The predicted molar refractivity (Wildman–Crippen MR) is 66.1 cm³/mol. The first-order valence-corrected chi connectivity index (χ1v) is 5.75. The number of amides is 2. The average molecular weight is 290 g/mol. The third-order valence-electron chi connectivity index (χ3n) is 1.81. The Morgan fingerprint density at radius 1 is 1.15 bits per heavy atom. The van der Waals surface area contributed by atoms with E-state index in [-0.39, 0.29) is 13.0 Å². The van der Waals surface area contributed by atoms with Gasteiger partial charge >= 0.3 is 18.0 Å². The average Bonchev–Trinajstić information content (AvgIpc) is 2.22. The number of carbonyl (C=O) groups excluding carboxylic acids is 2. The van der Waals surface area contributed by atoms with Crippen molar-refractivity contribution in [3.8, 4) is 0 Å². The van der Waals surface area contributed by atoms with Crippen LogP contribution < -0.4 is 10.6 Å². The van der Waals surface area contributed by atoms with E-state index in [1.54, 1.807) is 20.8 Å². The molecule has 4 N–H and O–H groups in total. The largest absolute Gasteiger partial charge is 0.481 e. The third-order valence-corrected chi connectivity index (χ3v) is 1.81. The van der Waals surface area contributed by atoms with E-state index in [1.807, 2.05) is 5.32 Å². The standard InChI is InChI=1S/C11H18N2O7/c1-11(2,3)20-10(19)13-7(9(17)18)8(16)12-5-4-6(14)15/h7H,4-5H2,1-3H3,(H,12,16)(H,13,19)(H,14,15)(H,17,18)/t7-/m1/s1. The summed E-state index contributed by atoms with van der Waals surface area (Å²) in [5, 5.41) is 21.2. The first-order chi connectivity index (χ1) is 9.03. The summed E-state index contributed by atoms with van der Waals surface area (Å²) in [7, 11) is 0. The van der Waals surface area contributed by atoms with Crippen molar-refractivity contribution in [2.45, 2.75) is 38.8 Å². The zero-order chi connectivity index (χ0) is 15.9. The number of rotatable bonds is 6. The summed E-state index contributed by atoms with van der Waals surface area (Å²) >= 11 is 0. The quantitative estimate of drug-likeness (QED) is 0.485. The van der Waals surface area contributed by atoms with Crippen molar-refractivity contribution >= 4 is 23.9 Å². The third kappa shape index (κ3) is 7.90. The lowest BCUT2D eigenvalue weighted by Crippen LogP contribution is -2.52. The molecule has 0 saturated heterocycles. The van der Waals surface area contributed by atoms with Crippen molar-refractivity contribution in [3.05, 3.63) is 0 Å². The van der Waals surface area contributed by atoms with Gasteiger partial charge in [-0.05, 0) is 20.8 Å². The number of hydrogen-bond donors (Lipinski definition) is 4. The van der Waals surface area contributed by atoms with E-state index in [9.17, 15) is 19.2 Å².